The number of nitrogens with one attached hydrogen (secondary N) is 1. The fourth-order valence-electron chi connectivity index (χ4n) is 3.14. The summed E-state index contributed by atoms with van der Waals surface area (Å²) in [5.74, 6) is 0.817. The molecule has 3 nitrogen and oxygen atoms in total. The van der Waals surface area contributed by atoms with Crippen molar-refractivity contribution >= 4 is 11.6 Å². The van der Waals surface area contributed by atoms with Crippen LogP contribution in [0.1, 0.15) is 43.2 Å². The number of hydrogen-bond acceptors (Lipinski definition) is 2. The summed E-state index contributed by atoms with van der Waals surface area (Å²) in [4.78, 5) is 14.2. The lowest BCUT2D eigenvalue weighted by atomic mass is 9.89. The van der Waals surface area contributed by atoms with Crippen LogP contribution in [-0.2, 0) is 4.79 Å². The van der Waals surface area contributed by atoms with E-state index in [9.17, 15) is 4.79 Å². The number of amides is 1. The van der Waals surface area contributed by atoms with Gasteiger partial charge in [0.1, 0.15) is 0 Å². The van der Waals surface area contributed by atoms with Crippen molar-refractivity contribution in [2.45, 2.75) is 46.0 Å². The highest BCUT2D eigenvalue weighted by molar-refractivity contribution is 5.81. The molecule has 0 radical (unpaired) electrons. The lowest BCUT2D eigenvalue weighted by molar-refractivity contribution is -0.119. The van der Waals surface area contributed by atoms with Gasteiger partial charge in [0.2, 0.25) is 5.91 Å². The van der Waals surface area contributed by atoms with Gasteiger partial charge < -0.3 is 10.2 Å². The molecule has 21 heavy (non-hydrogen) atoms. The molecule has 0 saturated heterocycles. The predicted octanol–water partition coefficient (Wildman–Crippen LogP) is 3.44. The highest BCUT2D eigenvalue weighted by atomic mass is 16.2. The summed E-state index contributed by atoms with van der Waals surface area (Å²) in [6, 6.07) is 6.36. The van der Waals surface area contributed by atoms with Crippen molar-refractivity contribution in [2.75, 3.05) is 25.0 Å². The van der Waals surface area contributed by atoms with Crippen LogP contribution < -0.4 is 10.2 Å². The Morgan fingerprint density at radius 3 is 2.67 bits per heavy atom. The van der Waals surface area contributed by atoms with Gasteiger partial charge >= 0.3 is 0 Å². The van der Waals surface area contributed by atoms with E-state index in [4.69, 9.17) is 0 Å². The van der Waals surface area contributed by atoms with Crippen LogP contribution in [0.3, 0.4) is 0 Å². The van der Waals surface area contributed by atoms with Crippen molar-refractivity contribution in [1.29, 1.82) is 0 Å². The first kappa shape index (κ1) is 15.9. The third kappa shape index (κ3) is 4.76. The molecule has 1 fully saturated rings. The maximum absolute atomic E-state index is 12.1. The van der Waals surface area contributed by atoms with Crippen molar-refractivity contribution in [3.63, 3.8) is 0 Å². The second-order valence-electron chi connectivity index (χ2n) is 6.45. The van der Waals surface area contributed by atoms with E-state index in [1.165, 1.54) is 43.2 Å². The van der Waals surface area contributed by atoms with Gasteiger partial charge in [-0.2, -0.15) is 0 Å². The molecule has 0 aliphatic heterocycles. The third-order valence-corrected chi connectivity index (χ3v) is 4.47. The second-order valence-corrected chi connectivity index (χ2v) is 6.45. The van der Waals surface area contributed by atoms with Gasteiger partial charge in [-0.25, -0.2) is 0 Å². The maximum atomic E-state index is 12.1. The normalized spacial score (nSPS) is 15.8. The second kappa shape index (κ2) is 7.48. The summed E-state index contributed by atoms with van der Waals surface area (Å²) in [6.45, 7) is 5.45. The Morgan fingerprint density at radius 1 is 1.24 bits per heavy atom. The van der Waals surface area contributed by atoms with E-state index in [2.05, 4.69) is 37.4 Å². The maximum Gasteiger partial charge on any atom is 0.239 e. The lowest BCUT2D eigenvalue weighted by Gasteiger charge is -2.24. The average molecular weight is 288 g/mol. The quantitative estimate of drug-likeness (QED) is 0.900. The summed E-state index contributed by atoms with van der Waals surface area (Å²) >= 11 is 0. The van der Waals surface area contributed by atoms with E-state index in [0.717, 1.165) is 12.2 Å². The van der Waals surface area contributed by atoms with Gasteiger partial charge in [0, 0.05) is 19.3 Å². The van der Waals surface area contributed by atoms with Gasteiger partial charge in [-0.05, 0) is 49.8 Å². The summed E-state index contributed by atoms with van der Waals surface area (Å²) in [7, 11) is 1.99. The van der Waals surface area contributed by atoms with Crippen LogP contribution in [0, 0.1) is 19.8 Å². The Bertz CT molecular complexity index is 478. The minimum absolute atomic E-state index is 0.129. The molecule has 116 valence electrons. The minimum atomic E-state index is 0.129. The third-order valence-electron chi connectivity index (χ3n) is 4.47. The van der Waals surface area contributed by atoms with Crippen molar-refractivity contribution in [3.05, 3.63) is 29.3 Å². The fourth-order valence-corrected chi connectivity index (χ4v) is 3.14. The zero-order chi connectivity index (χ0) is 15.2. The number of nitrogens with zero attached hydrogens (tertiary/aromatic N) is 1. The molecular weight excluding hydrogens is 260 g/mol. The number of anilines is 1. The molecule has 0 atom stereocenters. The Balaban J connectivity index is 1.82. The van der Waals surface area contributed by atoms with Gasteiger partial charge in [0.15, 0.2) is 0 Å². The number of benzene rings is 1. The largest absolute Gasteiger partial charge is 0.365 e. The molecular formula is C18H28N2O. The molecule has 3 heteroatoms. The van der Waals surface area contributed by atoms with Gasteiger partial charge in [-0.15, -0.1) is 0 Å². The first-order valence-electron chi connectivity index (χ1n) is 8.11. The van der Waals surface area contributed by atoms with Gasteiger partial charge in [0.25, 0.3) is 0 Å². The van der Waals surface area contributed by atoms with Crippen molar-refractivity contribution in [2.24, 2.45) is 5.92 Å². The van der Waals surface area contributed by atoms with Gasteiger partial charge in [-0.3, -0.25) is 4.79 Å². The van der Waals surface area contributed by atoms with Crippen molar-refractivity contribution in [3.8, 4) is 0 Å². The lowest BCUT2D eigenvalue weighted by Crippen LogP contribution is -2.38. The van der Waals surface area contributed by atoms with Crippen LogP contribution in [0.2, 0.25) is 0 Å². The molecule has 1 aliphatic rings. The fraction of sp³-hybridized carbons (Fsp3) is 0.611. The molecule has 1 aromatic rings. The Morgan fingerprint density at radius 2 is 1.95 bits per heavy atom. The Hall–Kier alpha value is -1.51. The minimum Gasteiger partial charge on any atom is -0.365 e. The van der Waals surface area contributed by atoms with Crippen LogP contribution in [0.4, 0.5) is 5.69 Å². The summed E-state index contributed by atoms with van der Waals surface area (Å²) in [5, 5.41) is 3.11. The average Bonchev–Trinajstić information content (AvgIpc) is 2.48. The zero-order valence-electron chi connectivity index (χ0n) is 13.6. The molecule has 2 rings (SSSR count). The number of likely N-dealkylation sites (N-methyl/N-ethyl adjacent to an activating group) is 1. The molecule has 0 unspecified atom stereocenters. The summed E-state index contributed by atoms with van der Waals surface area (Å²) < 4.78 is 0. The molecule has 1 N–H and O–H groups in total. The first-order chi connectivity index (χ1) is 10.1. The highest BCUT2D eigenvalue weighted by Gasteiger charge is 2.15. The van der Waals surface area contributed by atoms with E-state index < -0.39 is 0 Å². The van der Waals surface area contributed by atoms with Crippen molar-refractivity contribution in [1.82, 2.24) is 5.32 Å². The topological polar surface area (TPSA) is 32.3 Å². The monoisotopic (exact) mass is 288 g/mol. The van der Waals surface area contributed by atoms with Crippen LogP contribution in [0.15, 0.2) is 18.2 Å². The van der Waals surface area contributed by atoms with E-state index >= 15 is 0 Å². The highest BCUT2D eigenvalue weighted by Crippen LogP contribution is 2.23. The SMILES string of the molecule is Cc1ccc(C)c(N(C)CC(=O)NCC2CCCCC2)c1. The Kier molecular flexibility index (Phi) is 5.66. The van der Waals surface area contributed by atoms with E-state index in [0.29, 0.717) is 12.5 Å². The summed E-state index contributed by atoms with van der Waals surface area (Å²) in [5.41, 5.74) is 3.58. The molecule has 1 saturated carbocycles. The molecule has 1 amide bonds. The standard InChI is InChI=1S/C18H28N2O/c1-14-9-10-15(2)17(11-14)20(3)13-18(21)19-12-16-7-5-4-6-8-16/h9-11,16H,4-8,12-13H2,1-3H3,(H,19,21). The zero-order valence-corrected chi connectivity index (χ0v) is 13.6. The van der Waals surface area contributed by atoms with E-state index in [1.807, 2.05) is 11.9 Å². The number of rotatable bonds is 5. The molecule has 1 aromatic carbocycles. The number of hydrogen-bond donors (Lipinski definition) is 1. The van der Waals surface area contributed by atoms with E-state index in [1.54, 1.807) is 0 Å². The van der Waals surface area contributed by atoms with Gasteiger partial charge in [-0.1, -0.05) is 31.4 Å². The van der Waals surface area contributed by atoms with Crippen molar-refractivity contribution < 1.29 is 4.79 Å². The Labute approximate surface area is 128 Å². The number of aryl methyl sites for hydroxylation is 2. The van der Waals surface area contributed by atoms with Gasteiger partial charge in [0.05, 0.1) is 6.54 Å². The molecule has 0 aromatic heterocycles. The molecule has 0 bridgehead atoms. The predicted molar refractivity (Wildman–Crippen MR) is 88.8 cm³/mol. The first-order valence-corrected chi connectivity index (χ1v) is 8.11. The van der Waals surface area contributed by atoms with E-state index in [-0.39, 0.29) is 5.91 Å². The number of carbonyl (C=O) groups excluding carboxylic acids is 1. The van der Waals surface area contributed by atoms with Crippen LogP contribution in [0.25, 0.3) is 0 Å². The summed E-state index contributed by atoms with van der Waals surface area (Å²) in [6.07, 6.45) is 6.55. The molecule has 0 spiro atoms. The number of carbonyl (C=O) groups is 1. The van der Waals surface area contributed by atoms with Crippen LogP contribution >= 0.6 is 0 Å². The van der Waals surface area contributed by atoms with Crippen LogP contribution in [0.5, 0.6) is 0 Å². The molecule has 0 heterocycles. The smallest absolute Gasteiger partial charge is 0.239 e. The van der Waals surface area contributed by atoms with Crippen LogP contribution in [-0.4, -0.2) is 26.0 Å². The molecule has 1 aliphatic carbocycles.